The molecule has 4 aromatic rings. The fraction of sp³-hybridized carbons (Fsp3) is 0.185. The van der Waals surface area contributed by atoms with Crippen LogP contribution in [-0.4, -0.2) is 29.2 Å². The summed E-state index contributed by atoms with van der Waals surface area (Å²) in [7, 11) is 0.365. The van der Waals surface area contributed by atoms with Gasteiger partial charge in [-0.15, -0.1) is 22.7 Å². The molecular weight excluding hydrogens is 531 g/mol. The van der Waals surface area contributed by atoms with E-state index in [2.05, 4.69) is 21.5 Å². The van der Waals surface area contributed by atoms with E-state index in [1.807, 2.05) is 74.7 Å². The number of thiophene rings is 1. The number of nitrogens with zero attached hydrogens (tertiary/aromatic N) is 2. The number of hydrogen-bond acceptors (Lipinski definition) is 6. The third-order valence-electron chi connectivity index (χ3n) is 5.31. The molecule has 4 rings (SSSR count). The maximum atomic E-state index is 12.3. The molecule has 2 heterocycles. The summed E-state index contributed by atoms with van der Waals surface area (Å²) in [5, 5.41) is 13.6. The van der Waals surface area contributed by atoms with Gasteiger partial charge in [-0.25, -0.2) is 9.78 Å². The first-order chi connectivity index (χ1) is 17.3. The summed E-state index contributed by atoms with van der Waals surface area (Å²) < 4.78 is 8.07. The molecule has 0 spiro atoms. The molecule has 0 radical (unpaired) electrons. The van der Waals surface area contributed by atoms with Gasteiger partial charge in [0.15, 0.2) is 8.30 Å². The quantitative estimate of drug-likeness (QED) is 0.190. The van der Waals surface area contributed by atoms with Gasteiger partial charge < -0.3 is 14.3 Å². The number of carboxylic acids is 1. The van der Waals surface area contributed by atoms with Crippen molar-refractivity contribution in [3.05, 3.63) is 86.1 Å². The molecular formula is C27H24ClN2O3PS2. The largest absolute Gasteiger partial charge is 0.477 e. The highest BCUT2D eigenvalue weighted by Gasteiger charge is 2.31. The van der Waals surface area contributed by atoms with Crippen LogP contribution in [0.25, 0.3) is 10.4 Å². The van der Waals surface area contributed by atoms with Crippen molar-refractivity contribution in [2.75, 3.05) is 11.8 Å². The number of benzene rings is 2. The number of aryl methyl sites for hydroxylation is 1. The molecule has 0 amide bonds. The second-order valence-corrected chi connectivity index (χ2v) is 12.2. The summed E-state index contributed by atoms with van der Waals surface area (Å²) in [6.07, 6.45) is 0. The van der Waals surface area contributed by atoms with E-state index >= 15 is 0 Å². The molecule has 0 bridgehead atoms. The van der Waals surface area contributed by atoms with Crippen LogP contribution < -0.4 is 9.97 Å². The average Bonchev–Trinajstić information content (AvgIpc) is 3.52. The number of aromatic carboxylic acids is 1. The lowest BCUT2D eigenvalue weighted by Gasteiger charge is -2.35. The first kappa shape index (κ1) is 26.3. The molecule has 0 fully saturated rings. The number of hydrogen-bond donors (Lipinski definition) is 1. The molecule has 1 N–H and O–H groups in total. The van der Waals surface area contributed by atoms with Gasteiger partial charge in [0.1, 0.15) is 10.6 Å². The van der Waals surface area contributed by atoms with Crippen LogP contribution in [0.4, 0.5) is 5.69 Å². The molecule has 0 aliphatic carbocycles. The lowest BCUT2D eigenvalue weighted by molar-refractivity contribution is 0.0703. The van der Waals surface area contributed by atoms with Crippen LogP contribution in [0.2, 0.25) is 5.02 Å². The first-order valence-corrected chi connectivity index (χ1v) is 14.4. The molecule has 5 nitrogen and oxygen atoms in total. The molecule has 2 aromatic heterocycles. The third kappa shape index (κ3) is 5.81. The molecule has 0 aliphatic rings. The lowest BCUT2D eigenvalue weighted by atomic mass is 10.1. The fourth-order valence-corrected chi connectivity index (χ4v) is 7.41. The number of anilines is 1. The molecule has 2 aromatic carbocycles. The van der Waals surface area contributed by atoms with Crippen LogP contribution in [0.15, 0.2) is 59.4 Å². The van der Waals surface area contributed by atoms with E-state index in [9.17, 15) is 9.90 Å². The predicted octanol–water partition coefficient (Wildman–Crippen LogP) is 7.43. The van der Waals surface area contributed by atoms with Crippen molar-refractivity contribution in [1.82, 2.24) is 4.98 Å². The van der Waals surface area contributed by atoms with Crippen LogP contribution >= 0.6 is 42.6 Å². The highest BCUT2D eigenvalue weighted by atomic mass is 35.5. The standard InChI is InChI=1S/C27H24ClN2O3PS2/c1-17(2)30(34(33-4)24-12-10-21(28)13-18(24)3)23-14-25(36-26(23)27(31)32)20-8-5-19(6-9-20)7-11-22-15-35-16-29-22/h5-6,8-10,12-17H,1-4H3,(H,31,32). The number of halogens is 1. The summed E-state index contributed by atoms with van der Waals surface area (Å²) in [5.74, 6) is 5.20. The number of carboxylic acid groups (broad SMARTS) is 1. The van der Waals surface area contributed by atoms with Crippen molar-refractivity contribution >= 4 is 59.5 Å². The zero-order valence-corrected chi connectivity index (χ0v) is 23.4. The Morgan fingerprint density at radius 3 is 2.50 bits per heavy atom. The van der Waals surface area contributed by atoms with Crippen molar-refractivity contribution in [2.24, 2.45) is 0 Å². The minimum Gasteiger partial charge on any atom is -0.477 e. The Kier molecular flexibility index (Phi) is 8.46. The monoisotopic (exact) mass is 554 g/mol. The minimum absolute atomic E-state index is 0.00458. The number of thiazole rings is 1. The molecule has 0 saturated carbocycles. The Balaban J connectivity index is 1.72. The first-order valence-electron chi connectivity index (χ1n) is 11.1. The molecule has 9 heteroatoms. The lowest BCUT2D eigenvalue weighted by Crippen LogP contribution is -2.31. The summed E-state index contributed by atoms with van der Waals surface area (Å²) in [5.41, 5.74) is 5.95. The van der Waals surface area contributed by atoms with Crippen LogP contribution in [0.1, 0.15) is 40.3 Å². The Bertz CT molecular complexity index is 1420. The SMILES string of the molecule is COP(c1ccc(Cl)cc1C)N(c1cc(-c2ccc(C#Cc3cscn3)cc2)sc1C(=O)O)C(C)C. The number of carbonyl (C=O) groups is 1. The van der Waals surface area contributed by atoms with E-state index in [0.717, 1.165) is 32.6 Å². The van der Waals surface area contributed by atoms with Gasteiger partial charge in [-0.3, -0.25) is 0 Å². The van der Waals surface area contributed by atoms with Crippen LogP contribution in [0, 0.1) is 18.8 Å². The van der Waals surface area contributed by atoms with Crippen LogP contribution in [0.5, 0.6) is 0 Å². The van der Waals surface area contributed by atoms with Gasteiger partial charge in [0.2, 0.25) is 0 Å². The van der Waals surface area contributed by atoms with Crippen molar-refractivity contribution in [3.63, 3.8) is 0 Å². The van der Waals surface area contributed by atoms with E-state index in [4.69, 9.17) is 16.1 Å². The van der Waals surface area contributed by atoms with E-state index < -0.39 is 14.3 Å². The zero-order chi connectivity index (χ0) is 25.8. The van der Waals surface area contributed by atoms with Crippen molar-refractivity contribution in [1.29, 1.82) is 0 Å². The fourth-order valence-electron chi connectivity index (χ4n) is 3.70. The highest BCUT2D eigenvalue weighted by Crippen LogP contribution is 2.50. The van der Waals surface area contributed by atoms with Gasteiger partial charge in [-0.2, -0.15) is 0 Å². The Morgan fingerprint density at radius 1 is 1.17 bits per heavy atom. The second kappa shape index (κ2) is 11.6. The van der Waals surface area contributed by atoms with Crippen molar-refractivity contribution < 1.29 is 14.4 Å². The third-order valence-corrected chi connectivity index (χ3v) is 9.62. The summed E-state index contributed by atoms with van der Waals surface area (Å²) in [4.78, 5) is 17.6. The van der Waals surface area contributed by atoms with E-state index in [1.165, 1.54) is 22.7 Å². The Morgan fingerprint density at radius 2 is 1.92 bits per heavy atom. The van der Waals surface area contributed by atoms with Crippen molar-refractivity contribution in [3.8, 4) is 22.3 Å². The van der Waals surface area contributed by atoms with E-state index in [1.54, 1.807) is 12.6 Å². The predicted molar refractivity (Wildman–Crippen MR) is 152 cm³/mol. The molecule has 0 aliphatic heterocycles. The summed E-state index contributed by atoms with van der Waals surface area (Å²) in [6.45, 7) is 6.07. The topological polar surface area (TPSA) is 62.7 Å². The smallest absolute Gasteiger partial charge is 0.348 e. The average molecular weight is 555 g/mol. The molecule has 1 atom stereocenters. The zero-order valence-electron chi connectivity index (χ0n) is 20.2. The van der Waals surface area contributed by atoms with Gasteiger partial charge >= 0.3 is 5.97 Å². The molecule has 36 heavy (non-hydrogen) atoms. The van der Waals surface area contributed by atoms with Crippen molar-refractivity contribution in [2.45, 2.75) is 26.8 Å². The number of rotatable bonds is 7. The van der Waals surface area contributed by atoms with Gasteiger partial charge in [-0.1, -0.05) is 29.7 Å². The summed E-state index contributed by atoms with van der Waals surface area (Å²) >= 11 is 8.96. The normalized spacial score (nSPS) is 11.7. The maximum absolute atomic E-state index is 12.3. The Hall–Kier alpha value is -2.72. The number of aromatic nitrogens is 1. The minimum atomic E-state index is -1.30. The van der Waals surface area contributed by atoms with Gasteiger partial charge in [0.25, 0.3) is 0 Å². The van der Waals surface area contributed by atoms with E-state index in [-0.39, 0.29) is 10.9 Å². The molecule has 0 saturated heterocycles. The highest BCUT2D eigenvalue weighted by molar-refractivity contribution is 7.62. The maximum Gasteiger partial charge on any atom is 0.348 e. The van der Waals surface area contributed by atoms with Crippen LogP contribution in [-0.2, 0) is 4.52 Å². The van der Waals surface area contributed by atoms with Crippen LogP contribution in [0.3, 0.4) is 0 Å². The molecule has 184 valence electrons. The second-order valence-electron chi connectivity index (χ2n) is 8.16. The van der Waals surface area contributed by atoms with Gasteiger partial charge in [0, 0.05) is 39.3 Å². The van der Waals surface area contributed by atoms with Gasteiger partial charge in [-0.05, 0) is 74.2 Å². The van der Waals surface area contributed by atoms with Gasteiger partial charge in [0.05, 0.1) is 11.2 Å². The molecule has 1 unspecified atom stereocenters. The summed E-state index contributed by atoms with van der Waals surface area (Å²) in [6, 6.07) is 15.5. The van der Waals surface area contributed by atoms with E-state index in [0.29, 0.717) is 10.7 Å². The Labute approximate surface area is 225 Å².